The van der Waals surface area contributed by atoms with E-state index in [-0.39, 0.29) is 0 Å². The van der Waals surface area contributed by atoms with Crippen molar-refractivity contribution in [2.45, 2.75) is 6.92 Å². The molecule has 0 radical (unpaired) electrons. The van der Waals surface area contributed by atoms with Crippen LogP contribution >= 0.6 is 15.9 Å². The Kier molecular flexibility index (Phi) is 2.21. The molecule has 2 heterocycles. The van der Waals surface area contributed by atoms with Crippen LogP contribution in [-0.2, 0) is 0 Å². The average molecular weight is 311 g/mol. The molecule has 2 nitrogen and oxygen atoms in total. The average Bonchev–Trinajstić information content (AvgIpc) is 2.73. The number of rotatable bonds is 0. The van der Waals surface area contributed by atoms with Crippen LogP contribution in [0.25, 0.3) is 27.5 Å². The van der Waals surface area contributed by atoms with Crippen LogP contribution in [-0.4, -0.2) is 9.38 Å². The molecule has 2 aromatic heterocycles. The highest BCUT2D eigenvalue weighted by Crippen LogP contribution is 2.27. The number of hydrogen-bond donors (Lipinski definition) is 0. The first-order valence-corrected chi connectivity index (χ1v) is 6.98. The summed E-state index contributed by atoms with van der Waals surface area (Å²) in [5.74, 6) is 0. The molecule has 4 aromatic rings. The van der Waals surface area contributed by atoms with Crippen molar-refractivity contribution in [2.24, 2.45) is 0 Å². The van der Waals surface area contributed by atoms with E-state index in [1.165, 1.54) is 16.3 Å². The van der Waals surface area contributed by atoms with E-state index in [4.69, 9.17) is 4.98 Å². The predicted octanol–water partition coefficient (Wildman–Crippen LogP) is 4.71. The standard InChI is InChI=1S/C16H11BrN2/c1-10-5-6-15-14(7-10)18-16-8-11-3-2-4-13(17)12(11)9-19(15)16/h2-9H,1H3. The molecule has 3 heteroatoms. The molecule has 0 N–H and O–H groups in total. The number of aryl methyl sites for hydroxylation is 1. The van der Waals surface area contributed by atoms with Gasteiger partial charge in [0.1, 0.15) is 5.65 Å². The van der Waals surface area contributed by atoms with Crippen molar-refractivity contribution in [1.82, 2.24) is 9.38 Å². The van der Waals surface area contributed by atoms with Gasteiger partial charge in [-0.05, 0) is 42.1 Å². The minimum absolute atomic E-state index is 0.992. The quantitative estimate of drug-likeness (QED) is 0.459. The van der Waals surface area contributed by atoms with Crippen molar-refractivity contribution in [2.75, 3.05) is 0 Å². The molecule has 0 unspecified atom stereocenters. The molecule has 0 saturated heterocycles. The van der Waals surface area contributed by atoms with Crippen LogP contribution in [0.1, 0.15) is 5.56 Å². The van der Waals surface area contributed by atoms with Gasteiger partial charge in [-0.2, -0.15) is 0 Å². The summed E-state index contributed by atoms with van der Waals surface area (Å²) in [6, 6.07) is 14.8. The first kappa shape index (κ1) is 11.0. The number of nitrogens with zero attached hydrogens (tertiary/aromatic N) is 2. The third-order valence-electron chi connectivity index (χ3n) is 3.50. The molecule has 0 spiro atoms. The van der Waals surface area contributed by atoms with Crippen LogP contribution in [0.15, 0.2) is 53.1 Å². The highest BCUT2D eigenvalue weighted by atomic mass is 79.9. The summed E-state index contributed by atoms with van der Waals surface area (Å²) < 4.78 is 3.27. The summed E-state index contributed by atoms with van der Waals surface area (Å²) in [5.41, 5.74) is 4.43. The number of benzene rings is 2. The van der Waals surface area contributed by atoms with E-state index < -0.39 is 0 Å². The summed E-state index contributed by atoms with van der Waals surface area (Å²) in [5, 5.41) is 2.41. The van der Waals surface area contributed by atoms with E-state index in [2.05, 4.69) is 75.9 Å². The van der Waals surface area contributed by atoms with E-state index in [0.717, 1.165) is 21.2 Å². The first-order valence-electron chi connectivity index (χ1n) is 6.19. The number of fused-ring (bicyclic) bond motifs is 4. The molecule has 0 aliphatic heterocycles. The number of imidazole rings is 1. The fourth-order valence-corrected chi connectivity index (χ4v) is 3.03. The fraction of sp³-hybridized carbons (Fsp3) is 0.0625. The van der Waals surface area contributed by atoms with Gasteiger partial charge in [-0.25, -0.2) is 4.98 Å². The van der Waals surface area contributed by atoms with Crippen LogP contribution in [0.3, 0.4) is 0 Å². The molecule has 19 heavy (non-hydrogen) atoms. The fourth-order valence-electron chi connectivity index (χ4n) is 2.55. The Bertz CT molecular complexity index is 938. The van der Waals surface area contributed by atoms with Gasteiger partial charge in [0.25, 0.3) is 0 Å². The van der Waals surface area contributed by atoms with Crippen molar-refractivity contribution in [3.05, 3.63) is 58.7 Å². The third kappa shape index (κ3) is 1.58. The van der Waals surface area contributed by atoms with Gasteiger partial charge in [-0.3, -0.25) is 4.40 Å². The van der Waals surface area contributed by atoms with E-state index in [0.29, 0.717) is 0 Å². The van der Waals surface area contributed by atoms with E-state index in [1.807, 2.05) is 0 Å². The maximum Gasteiger partial charge on any atom is 0.138 e. The highest BCUT2D eigenvalue weighted by Gasteiger charge is 2.07. The van der Waals surface area contributed by atoms with Crippen LogP contribution in [0.4, 0.5) is 0 Å². The van der Waals surface area contributed by atoms with Crippen molar-refractivity contribution < 1.29 is 0 Å². The van der Waals surface area contributed by atoms with Gasteiger partial charge < -0.3 is 0 Å². The number of aromatic nitrogens is 2. The normalized spacial score (nSPS) is 11.7. The van der Waals surface area contributed by atoms with Crippen LogP contribution in [0, 0.1) is 6.92 Å². The Hall–Kier alpha value is -1.87. The first-order chi connectivity index (χ1) is 9.22. The highest BCUT2D eigenvalue weighted by molar-refractivity contribution is 9.10. The minimum atomic E-state index is 0.992. The predicted molar refractivity (Wildman–Crippen MR) is 82.6 cm³/mol. The molecule has 0 amide bonds. The van der Waals surface area contributed by atoms with E-state index >= 15 is 0 Å². The second-order valence-electron chi connectivity index (χ2n) is 4.85. The molecule has 0 bridgehead atoms. The largest absolute Gasteiger partial charge is 0.299 e. The maximum atomic E-state index is 4.70. The van der Waals surface area contributed by atoms with Crippen LogP contribution in [0.2, 0.25) is 0 Å². The molecule has 0 atom stereocenters. The summed E-state index contributed by atoms with van der Waals surface area (Å²) in [6.45, 7) is 2.09. The lowest BCUT2D eigenvalue weighted by molar-refractivity contribution is 1.25. The molecule has 92 valence electrons. The Balaban J connectivity index is 2.24. The van der Waals surface area contributed by atoms with Gasteiger partial charge in [0, 0.05) is 16.1 Å². The topological polar surface area (TPSA) is 17.3 Å². The third-order valence-corrected chi connectivity index (χ3v) is 4.19. The Morgan fingerprint density at radius 2 is 2.00 bits per heavy atom. The zero-order valence-electron chi connectivity index (χ0n) is 10.4. The van der Waals surface area contributed by atoms with E-state index in [9.17, 15) is 0 Å². The van der Waals surface area contributed by atoms with Crippen molar-refractivity contribution in [1.29, 1.82) is 0 Å². The second kappa shape index (κ2) is 3.81. The van der Waals surface area contributed by atoms with Crippen molar-refractivity contribution in [3.8, 4) is 0 Å². The Morgan fingerprint density at radius 1 is 1.11 bits per heavy atom. The van der Waals surface area contributed by atoms with Gasteiger partial charge in [0.2, 0.25) is 0 Å². The zero-order valence-corrected chi connectivity index (χ0v) is 12.0. The lowest BCUT2D eigenvalue weighted by Gasteiger charge is -2.02. The lowest BCUT2D eigenvalue weighted by atomic mass is 10.2. The molecule has 0 aliphatic rings. The van der Waals surface area contributed by atoms with Gasteiger partial charge in [-0.1, -0.05) is 34.1 Å². The monoisotopic (exact) mass is 310 g/mol. The second-order valence-corrected chi connectivity index (χ2v) is 5.70. The number of halogens is 1. The zero-order chi connectivity index (χ0) is 13.0. The lowest BCUT2D eigenvalue weighted by Crippen LogP contribution is -1.86. The Labute approximate surface area is 118 Å². The minimum Gasteiger partial charge on any atom is -0.299 e. The van der Waals surface area contributed by atoms with Gasteiger partial charge in [-0.15, -0.1) is 0 Å². The molecule has 4 rings (SSSR count). The molecule has 0 aliphatic carbocycles. The van der Waals surface area contributed by atoms with Crippen LogP contribution in [0.5, 0.6) is 0 Å². The summed E-state index contributed by atoms with van der Waals surface area (Å²) in [6.07, 6.45) is 2.15. The van der Waals surface area contributed by atoms with Gasteiger partial charge in [0.05, 0.1) is 11.0 Å². The van der Waals surface area contributed by atoms with E-state index in [1.54, 1.807) is 0 Å². The molecule has 2 aromatic carbocycles. The van der Waals surface area contributed by atoms with Crippen LogP contribution < -0.4 is 0 Å². The summed E-state index contributed by atoms with van der Waals surface area (Å²) in [7, 11) is 0. The number of pyridine rings is 1. The van der Waals surface area contributed by atoms with Crippen molar-refractivity contribution >= 4 is 43.4 Å². The SMILES string of the molecule is Cc1ccc2c(c1)nc1cc3cccc(Br)c3cn12. The summed E-state index contributed by atoms with van der Waals surface area (Å²) in [4.78, 5) is 4.70. The molecular weight excluding hydrogens is 300 g/mol. The maximum absolute atomic E-state index is 4.70. The van der Waals surface area contributed by atoms with Gasteiger partial charge in [0.15, 0.2) is 0 Å². The molecule has 0 fully saturated rings. The summed E-state index contributed by atoms with van der Waals surface area (Å²) >= 11 is 3.61. The van der Waals surface area contributed by atoms with Gasteiger partial charge >= 0.3 is 0 Å². The number of hydrogen-bond acceptors (Lipinski definition) is 1. The smallest absolute Gasteiger partial charge is 0.138 e. The molecular formula is C16H11BrN2. The Morgan fingerprint density at radius 3 is 2.89 bits per heavy atom. The van der Waals surface area contributed by atoms with Crippen molar-refractivity contribution in [3.63, 3.8) is 0 Å². The molecule has 0 saturated carbocycles.